The molecule has 0 aromatic heterocycles. The minimum Gasteiger partial charge on any atom is -0.198 e. The summed E-state index contributed by atoms with van der Waals surface area (Å²) in [6.45, 7) is 4.00. The highest BCUT2D eigenvalue weighted by atomic mass is 32.2. The molecule has 0 fully saturated rings. The second kappa shape index (κ2) is 18.5. The van der Waals surface area contributed by atoms with Crippen molar-refractivity contribution in [3.63, 3.8) is 0 Å². The van der Waals surface area contributed by atoms with Gasteiger partial charge in [-0.05, 0) is 0 Å². The lowest BCUT2D eigenvalue weighted by Gasteiger charge is -1.97. The summed E-state index contributed by atoms with van der Waals surface area (Å²) < 4.78 is 0. The molecule has 0 aromatic rings. The molecule has 80 valence electrons. The van der Waals surface area contributed by atoms with E-state index in [2.05, 4.69) is 12.1 Å². The maximum absolute atomic E-state index is 8.23. The summed E-state index contributed by atoms with van der Waals surface area (Å²) in [4.78, 5) is 0. The zero-order chi connectivity index (χ0) is 11.1. The summed E-state index contributed by atoms with van der Waals surface area (Å²) in [5.74, 6) is 4.07. The van der Waals surface area contributed by atoms with Crippen LogP contribution in [0.3, 0.4) is 0 Å². The molecule has 0 aliphatic heterocycles. The molecule has 4 heteroatoms. The van der Waals surface area contributed by atoms with Crippen LogP contribution in [0.2, 0.25) is 0 Å². The Morgan fingerprint density at radius 1 is 0.786 bits per heavy atom. The number of rotatable bonds is 7. The fourth-order valence-corrected chi connectivity index (χ4v) is 2.38. The van der Waals surface area contributed by atoms with Gasteiger partial charge in [-0.15, -0.1) is 0 Å². The van der Waals surface area contributed by atoms with Crippen LogP contribution in [0.1, 0.15) is 26.7 Å². The molecule has 0 N–H and O–H groups in total. The third-order valence-corrected chi connectivity index (χ3v) is 3.32. The standard InChI is InChI=1S/C8H12N2S2.C2H6/c9-3-1-5-11-7-8-12-6-2-4-10;1-2/h1-2,5-8H2;1-2H3. The van der Waals surface area contributed by atoms with Crippen LogP contribution in [0.25, 0.3) is 0 Å². The van der Waals surface area contributed by atoms with Crippen LogP contribution >= 0.6 is 23.5 Å². The zero-order valence-electron chi connectivity index (χ0n) is 8.95. The molecule has 0 aromatic carbocycles. The van der Waals surface area contributed by atoms with E-state index in [0.29, 0.717) is 12.8 Å². The highest BCUT2D eigenvalue weighted by Crippen LogP contribution is 2.08. The van der Waals surface area contributed by atoms with Gasteiger partial charge in [0.05, 0.1) is 12.1 Å². The molecule has 14 heavy (non-hydrogen) atoms. The molecule has 0 aliphatic carbocycles. The maximum Gasteiger partial charge on any atom is 0.0630 e. The number of thioether (sulfide) groups is 2. The Kier molecular flexibility index (Phi) is 21.3. The number of hydrogen-bond acceptors (Lipinski definition) is 4. The summed E-state index contributed by atoms with van der Waals surface area (Å²) >= 11 is 3.62. The van der Waals surface area contributed by atoms with Crippen molar-refractivity contribution in [2.75, 3.05) is 23.0 Å². The van der Waals surface area contributed by atoms with Gasteiger partial charge in [0, 0.05) is 35.9 Å². The number of nitrogens with zero attached hydrogens (tertiary/aromatic N) is 2. The van der Waals surface area contributed by atoms with E-state index in [0.717, 1.165) is 23.0 Å². The molecule has 2 nitrogen and oxygen atoms in total. The average molecular weight is 230 g/mol. The molecule has 0 aliphatic rings. The van der Waals surface area contributed by atoms with Crippen molar-refractivity contribution >= 4 is 23.5 Å². The molecule has 0 saturated carbocycles. The van der Waals surface area contributed by atoms with E-state index in [4.69, 9.17) is 10.5 Å². The van der Waals surface area contributed by atoms with Crippen molar-refractivity contribution in [1.82, 2.24) is 0 Å². The molecule has 0 bridgehead atoms. The molecule has 0 radical (unpaired) electrons. The Hall–Kier alpha value is -0.320. The largest absolute Gasteiger partial charge is 0.198 e. The second-order valence-electron chi connectivity index (χ2n) is 2.04. The van der Waals surface area contributed by atoms with E-state index in [9.17, 15) is 0 Å². The quantitative estimate of drug-likeness (QED) is 0.630. The summed E-state index contributed by atoms with van der Waals surface area (Å²) in [7, 11) is 0. The highest BCUT2D eigenvalue weighted by Gasteiger charge is 1.90. The van der Waals surface area contributed by atoms with E-state index >= 15 is 0 Å². The normalized spacial score (nSPS) is 8.00. The first kappa shape index (κ1) is 16.1. The summed E-state index contributed by atoms with van der Waals surface area (Å²) in [6, 6.07) is 4.22. The first-order valence-corrected chi connectivity index (χ1v) is 7.12. The number of nitriles is 2. The Balaban J connectivity index is 0. The fourth-order valence-electron chi connectivity index (χ4n) is 0.558. The van der Waals surface area contributed by atoms with Crippen LogP contribution in [-0.4, -0.2) is 23.0 Å². The van der Waals surface area contributed by atoms with Gasteiger partial charge in [-0.3, -0.25) is 0 Å². The van der Waals surface area contributed by atoms with E-state index in [-0.39, 0.29) is 0 Å². The minimum absolute atomic E-state index is 0.646. The molecule has 0 rings (SSSR count). The Bertz CT molecular complexity index is 150. The molecule has 0 heterocycles. The lowest BCUT2D eigenvalue weighted by Crippen LogP contribution is -1.87. The van der Waals surface area contributed by atoms with Gasteiger partial charge in [-0.25, -0.2) is 0 Å². The van der Waals surface area contributed by atoms with E-state index in [1.807, 2.05) is 37.4 Å². The van der Waals surface area contributed by atoms with Crippen LogP contribution < -0.4 is 0 Å². The van der Waals surface area contributed by atoms with Crippen LogP contribution in [0.4, 0.5) is 0 Å². The van der Waals surface area contributed by atoms with Crippen molar-refractivity contribution in [3.05, 3.63) is 0 Å². The average Bonchev–Trinajstić information content (AvgIpc) is 2.25. The third-order valence-electron chi connectivity index (χ3n) is 1.09. The van der Waals surface area contributed by atoms with Gasteiger partial charge in [-0.1, -0.05) is 13.8 Å². The molecule has 0 atom stereocenters. The molecule has 0 saturated heterocycles. The molecular weight excluding hydrogens is 212 g/mol. The first-order valence-electron chi connectivity index (χ1n) is 4.81. The highest BCUT2D eigenvalue weighted by molar-refractivity contribution is 8.02. The van der Waals surface area contributed by atoms with Gasteiger partial charge < -0.3 is 0 Å². The Morgan fingerprint density at radius 3 is 1.43 bits per heavy atom. The fraction of sp³-hybridized carbons (Fsp3) is 0.800. The topological polar surface area (TPSA) is 47.6 Å². The van der Waals surface area contributed by atoms with Gasteiger partial charge >= 0.3 is 0 Å². The Morgan fingerprint density at radius 2 is 1.14 bits per heavy atom. The third kappa shape index (κ3) is 17.7. The maximum atomic E-state index is 8.23. The molecule has 0 spiro atoms. The van der Waals surface area contributed by atoms with Gasteiger partial charge in [0.2, 0.25) is 0 Å². The summed E-state index contributed by atoms with van der Waals surface area (Å²) in [5.41, 5.74) is 0. The second-order valence-corrected chi connectivity index (χ2v) is 4.49. The molecular formula is C10H18N2S2. The summed E-state index contributed by atoms with van der Waals surface area (Å²) in [6.07, 6.45) is 1.29. The summed E-state index contributed by atoms with van der Waals surface area (Å²) in [5, 5.41) is 16.5. The SMILES string of the molecule is CC.N#CCCSCCSCCC#N. The van der Waals surface area contributed by atoms with Gasteiger partial charge in [0.15, 0.2) is 0 Å². The van der Waals surface area contributed by atoms with Crippen molar-refractivity contribution < 1.29 is 0 Å². The van der Waals surface area contributed by atoms with Crippen molar-refractivity contribution in [2.24, 2.45) is 0 Å². The monoisotopic (exact) mass is 230 g/mol. The Labute approximate surface area is 96.1 Å². The van der Waals surface area contributed by atoms with Crippen LogP contribution in [0.15, 0.2) is 0 Å². The predicted octanol–water partition coefficient (Wildman–Crippen LogP) is 3.31. The smallest absolute Gasteiger partial charge is 0.0630 e. The van der Waals surface area contributed by atoms with Crippen molar-refractivity contribution in [2.45, 2.75) is 26.7 Å². The van der Waals surface area contributed by atoms with Crippen molar-refractivity contribution in [1.29, 1.82) is 10.5 Å². The number of hydrogen-bond donors (Lipinski definition) is 0. The molecule has 0 unspecified atom stereocenters. The van der Waals surface area contributed by atoms with Crippen LogP contribution in [-0.2, 0) is 0 Å². The van der Waals surface area contributed by atoms with Crippen LogP contribution in [0, 0.1) is 22.7 Å². The van der Waals surface area contributed by atoms with E-state index < -0.39 is 0 Å². The lowest BCUT2D eigenvalue weighted by molar-refractivity contribution is 1.23. The molecule has 0 amide bonds. The van der Waals surface area contributed by atoms with Crippen molar-refractivity contribution in [3.8, 4) is 12.1 Å². The zero-order valence-corrected chi connectivity index (χ0v) is 10.6. The van der Waals surface area contributed by atoms with Gasteiger partial charge in [0.25, 0.3) is 0 Å². The van der Waals surface area contributed by atoms with Gasteiger partial charge in [0.1, 0.15) is 0 Å². The predicted molar refractivity (Wildman–Crippen MR) is 66.5 cm³/mol. The van der Waals surface area contributed by atoms with E-state index in [1.54, 1.807) is 0 Å². The van der Waals surface area contributed by atoms with Gasteiger partial charge in [-0.2, -0.15) is 34.0 Å². The first-order chi connectivity index (χ1) is 6.91. The van der Waals surface area contributed by atoms with Crippen LogP contribution in [0.5, 0.6) is 0 Å². The lowest BCUT2D eigenvalue weighted by atomic mass is 10.6. The van der Waals surface area contributed by atoms with E-state index in [1.165, 1.54) is 0 Å². The minimum atomic E-state index is 0.646.